The molecule has 16 atom stereocenters. The predicted octanol–water partition coefficient (Wildman–Crippen LogP) is -9.11. The second kappa shape index (κ2) is 16.4. The van der Waals surface area contributed by atoms with Crippen molar-refractivity contribution in [1.82, 2.24) is 10.6 Å². The van der Waals surface area contributed by atoms with Crippen LogP contribution in [0.15, 0.2) is 0 Å². The molecule has 0 unspecified atom stereocenters. The highest BCUT2D eigenvalue weighted by Crippen LogP contribution is 2.38. The van der Waals surface area contributed by atoms with Crippen LogP contribution in [0.5, 0.6) is 0 Å². The molecule has 3 heterocycles. The van der Waals surface area contributed by atoms with Gasteiger partial charge in [-0.1, -0.05) is 0 Å². The molecule has 272 valence electrons. The molecule has 0 aromatic heterocycles. The van der Waals surface area contributed by atoms with Gasteiger partial charge in [0.25, 0.3) is 5.79 Å². The van der Waals surface area contributed by atoms with Gasteiger partial charge in [-0.2, -0.15) is 0 Å². The molecule has 47 heavy (non-hydrogen) atoms. The first kappa shape index (κ1) is 39.2. The maximum absolute atomic E-state index is 12.6. The van der Waals surface area contributed by atoms with Crippen LogP contribution in [0.4, 0.5) is 0 Å². The summed E-state index contributed by atoms with van der Waals surface area (Å²) >= 11 is 0. The van der Waals surface area contributed by atoms with Crippen LogP contribution in [0.25, 0.3) is 0 Å². The van der Waals surface area contributed by atoms with E-state index in [9.17, 15) is 70.6 Å². The molecule has 0 spiro atoms. The molecule has 3 rings (SSSR count). The van der Waals surface area contributed by atoms with Crippen molar-refractivity contribution >= 4 is 17.8 Å². The molecule has 3 aliphatic rings. The highest BCUT2D eigenvalue weighted by molar-refractivity contribution is 5.78. The van der Waals surface area contributed by atoms with E-state index < -0.39 is 148 Å². The van der Waals surface area contributed by atoms with Crippen molar-refractivity contribution in [2.75, 3.05) is 26.4 Å². The number of ether oxygens (including phenoxy) is 5. The van der Waals surface area contributed by atoms with Crippen LogP contribution in [-0.2, 0) is 38.1 Å². The second-order valence-electron chi connectivity index (χ2n) is 11.3. The Balaban J connectivity index is 1.98. The van der Waals surface area contributed by atoms with Gasteiger partial charge in [0.05, 0.1) is 32.0 Å². The number of carboxylic acids is 1. The van der Waals surface area contributed by atoms with Gasteiger partial charge in [0.1, 0.15) is 73.7 Å². The zero-order valence-corrected chi connectivity index (χ0v) is 24.8. The number of carbonyl (C=O) groups is 3. The summed E-state index contributed by atoms with van der Waals surface area (Å²) < 4.78 is 27.2. The number of hydrogen-bond acceptors (Lipinski definition) is 19. The van der Waals surface area contributed by atoms with Crippen molar-refractivity contribution in [3.63, 3.8) is 0 Å². The van der Waals surface area contributed by atoms with Crippen molar-refractivity contribution in [1.29, 1.82) is 0 Å². The van der Waals surface area contributed by atoms with Gasteiger partial charge in [-0.25, -0.2) is 4.79 Å². The Morgan fingerprint density at radius 2 is 1.47 bits per heavy atom. The Kier molecular flexibility index (Phi) is 13.7. The molecule has 0 bridgehead atoms. The van der Waals surface area contributed by atoms with Gasteiger partial charge in [0.2, 0.25) is 11.8 Å². The van der Waals surface area contributed by atoms with E-state index in [0.29, 0.717) is 0 Å². The first-order chi connectivity index (χ1) is 22.0. The van der Waals surface area contributed by atoms with Crippen molar-refractivity contribution in [3.05, 3.63) is 0 Å². The zero-order valence-electron chi connectivity index (χ0n) is 24.8. The largest absolute Gasteiger partial charge is 0.477 e. The normalized spacial score (nSPS) is 42.3. The summed E-state index contributed by atoms with van der Waals surface area (Å²) in [6, 6.07) is -3.26. The van der Waals surface area contributed by atoms with Crippen molar-refractivity contribution < 1.29 is 99.3 Å². The summed E-state index contributed by atoms with van der Waals surface area (Å²) in [5.74, 6) is -6.98. The number of aliphatic hydroxyl groups excluding tert-OH is 11. The third kappa shape index (κ3) is 8.50. The maximum Gasteiger partial charge on any atom is 0.364 e. The number of aliphatic carboxylic acids is 1. The van der Waals surface area contributed by atoms with Crippen LogP contribution in [-0.4, -0.2) is 203 Å². The van der Waals surface area contributed by atoms with E-state index in [2.05, 4.69) is 10.6 Å². The molecule has 22 nitrogen and oxygen atoms in total. The summed E-state index contributed by atoms with van der Waals surface area (Å²) in [5.41, 5.74) is 0. The second-order valence-corrected chi connectivity index (χ2v) is 11.3. The molecule has 0 aromatic carbocycles. The van der Waals surface area contributed by atoms with Crippen LogP contribution in [0, 0.1) is 0 Å². The third-order valence-corrected chi connectivity index (χ3v) is 7.97. The topological polar surface area (TPSA) is 364 Å². The van der Waals surface area contributed by atoms with Crippen LogP contribution >= 0.6 is 0 Å². The number of carboxylic acid groups (broad SMARTS) is 1. The average molecular weight is 691 g/mol. The van der Waals surface area contributed by atoms with E-state index in [1.165, 1.54) is 0 Å². The zero-order chi connectivity index (χ0) is 35.4. The van der Waals surface area contributed by atoms with Gasteiger partial charge < -0.3 is 95.6 Å². The lowest BCUT2D eigenvalue weighted by atomic mass is 9.88. The molecule has 0 saturated carbocycles. The Morgan fingerprint density at radius 1 is 0.872 bits per heavy atom. The number of hydrogen-bond donors (Lipinski definition) is 14. The van der Waals surface area contributed by atoms with Crippen LogP contribution in [0.2, 0.25) is 0 Å². The molecule has 0 radical (unpaired) electrons. The van der Waals surface area contributed by atoms with E-state index in [4.69, 9.17) is 28.8 Å². The van der Waals surface area contributed by atoms with E-state index in [1.807, 2.05) is 0 Å². The van der Waals surface area contributed by atoms with Gasteiger partial charge in [-0.3, -0.25) is 9.59 Å². The highest BCUT2D eigenvalue weighted by Gasteiger charge is 2.60. The number of rotatable bonds is 13. The summed E-state index contributed by atoms with van der Waals surface area (Å²) in [5, 5.41) is 127. The van der Waals surface area contributed by atoms with Gasteiger partial charge in [-0.15, -0.1) is 0 Å². The SMILES string of the molecule is CC(=O)N[C@@H]1[C@@H](O[C@@H]2O[C@H](CO)[C@H](O)[C@H](O[C@]3(C(=O)O)C[C@H](O)[C@@H](NC(=O)CO)[C@H]([C@H](O)[C@H](O)CO)O3)[C@H]2O)[C@@H](O)[C@@H](CO)O[C@H]1O. The molecular weight excluding hydrogens is 648 g/mol. The smallest absolute Gasteiger partial charge is 0.364 e. The number of carbonyl (C=O) groups excluding carboxylic acids is 2. The van der Waals surface area contributed by atoms with Crippen LogP contribution in [0.1, 0.15) is 13.3 Å². The van der Waals surface area contributed by atoms with Crippen molar-refractivity contribution in [3.8, 4) is 0 Å². The third-order valence-electron chi connectivity index (χ3n) is 7.97. The van der Waals surface area contributed by atoms with E-state index in [0.717, 1.165) is 6.92 Å². The lowest BCUT2D eigenvalue weighted by Crippen LogP contribution is -2.71. The van der Waals surface area contributed by atoms with Gasteiger partial charge in [0.15, 0.2) is 12.6 Å². The minimum atomic E-state index is -3.11. The molecule has 14 N–H and O–H groups in total. The molecule has 3 aliphatic heterocycles. The number of amides is 2. The summed E-state index contributed by atoms with van der Waals surface area (Å²) in [6.45, 7) is -3.02. The molecule has 0 aliphatic carbocycles. The van der Waals surface area contributed by atoms with Gasteiger partial charge in [-0.05, 0) is 0 Å². The molecular formula is C25H42N2O20. The van der Waals surface area contributed by atoms with Gasteiger partial charge >= 0.3 is 5.97 Å². The van der Waals surface area contributed by atoms with E-state index in [-0.39, 0.29) is 0 Å². The standard InChI is InChI=1S/C25H42N2O20/c1-7(32)26-14-19(16(37)10(4-29)43-22(14)40)45-23-18(39)21(17(38)11(5-30)44-23)47-25(24(41)42)2-8(33)13(27-12(35)6-31)20(46-25)15(36)9(34)3-28/h8-11,13-23,28-31,33-34,36-40H,2-6H2,1H3,(H,26,32)(H,27,35)(H,41,42)/t8-,9+,10+,11+,13+,14+,15+,16-,17-,18+,19+,20+,21-,22+,23-,25-/m0/s1. The summed E-state index contributed by atoms with van der Waals surface area (Å²) in [7, 11) is 0. The fourth-order valence-corrected chi connectivity index (χ4v) is 5.56. The quantitative estimate of drug-likeness (QED) is 0.0852. The first-order valence-electron chi connectivity index (χ1n) is 14.4. The van der Waals surface area contributed by atoms with Crippen molar-refractivity contribution in [2.45, 2.75) is 111 Å². The lowest BCUT2D eigenvalue weighted by Gasteiger charge is -2.50. The Labute approximate surface area is 265 Å². The number of nitrogens with one attached hydrogen (secondary N) is 2. The lowest BCUT2D eigenvalue weighted by molar-refractivity contribution is -0.380. The minimum absolute atomic E-state index is 0.733. The fourth-order valence-electron chi connectivity index (χ4n) is 5.56. The fraction of sp³-hybridized carbons (Fsp3) is 0.880. The molecule has 3 fully saturated rings. The highest BCUT2D eigenvalue weighted by atomic mass is 16.8. The molecule has 2 amide bonds. The summed E-state index contributed by atoms with van der Waals surface area (Å²) in [6.07, 6.45) is -26.5. The average Bonchev–Trinajstić information content (AvgIpc) is 3.03. The predicted molar refractivity (Wildman–Crippen MR) is 143 cm³/mol. The molecule has 22 heteroatoms. The van der Waals surface area contributed by atoms with Crippen LogP contribution < -0.4 is 10.6 Å². The monoisotopic (exact) mass is 690 g/mol. The first-order valence-corrected chi connectivity index (χ1v) is 14.4. The van der Waals surface area contributed by atoms with Crippen LogP contribution in [0.3, 0.4) is 0 Å². The van der Waals surface area contributed by atoms with Crippen molar-refractivity contribution in [2.24, 2.45) is 0 Å². The number of aliphatic hydroxyl groups is 11. The maximum atomic E-state index is 12.6. The Morgan fingerprint density at radius 3 is 2.00 bits per heavy atom. The Bertz CT molecular complexity index is 1070. The minimum Gasteiger partial charge on any atom is -0.477 e. The molecule has 3 saturated heterocycles. The summed E-state index contributed by atoms with van der Waals surface area (Å²) in [4.78, 5) is 36.3. The Hall–Kier alpha value is -2.23. The van der Waals surface area contributed by atoms with E-state index in [1.54, 1.807) is 0 Å². The molecule has 0 aromatic rings. The van der Waals surface area contributed by atoms with Gasteiger partial charge in [0, 0.05) is 13.3 Å². The van der Waals surface area contributed by atoms with E-state index >= 15 is 0 Å².